The lowest BCUT2D eigenvalue weighted by molar-refractivity contribution is -0.145. The molecule has 36 heavy (non-hydrogen) atoms. The summed E-state index contributed by atoms with van der Waals surface area (Å²) in [6, 6.07) is 12.2. The summed E-state index contributed by atoms with van der Waals surface area (Å²) < 4.78 is 16.0. The molecule has 3 N–H and O–H groups in total. The number of benzene rings is 2. The molecule has 1 aromatic heterocycles. The van der Waals surface area contributed by atoms with Crippen LogP contribution in [0.2, 0.25) is 0 Å². The zero-order valence-electron chi connectivity index (χ0n) is 20.4. The average molecular weight is 493 g/mol. The van der Waals surface area contributed by atoms with Crippen molar-refractivity contribution in [1.82, 2.24) is 10.3 Å². The van der Waals surface area contributed by atoms with Gasteiger partial charge in [0.25, 0.3) is 0 Å². The molecule has 3 atom stereocenters. The number of carbonyl (C=O) groups is 2. The zero-order chi connectivity index (χ0) is 25.1. The number of aliphatic hydroxyl groups is 1. The smallest absolute Gasteiger partial charge is 0.328 e. The number of esters is 1. The van der Waals surface area contributed by atoms with E-state index in [1.54, 1.807) is 18.2 Å². The summed E-state index contributed by atoms with van der Waals surface area (Å²) >= 11 is 0. The number of ether oxygens (including phenoxy) is 3. The number of aromatic nitrogens is 1. The Kier molecular flexibility index (Phi) is 7.13. The van der Waals surface area contributed by atoms with E-state index in [0.717, 1.165) is 48.6 Å². The molecule has 0 saturated heterocycles. The van der Waals surface area contributed by atoms with Crippen molar-refractivity contribution >= 4 is 22.8 Å². The minimum Gasteiger partial charge on any atom is -0.467 e. The van der Waals surface area contributed by atoms with Gasteiger partial charge in [0.1, 0.15) is 6.04 Å². The third-order valence-electron chi connectivity index (χ3n) is 7.41. The molecule has 1 aliphatic carbocycles. The maximum Gasteiger partial charge on any atom is 0.328 e. The Labute approximate surface area is 209 Å². The molecular formula is C28H32N2O6. The van der Waals surface area contributed by atoms with E-state index in [9.17, 15) is 14.7 Å². The minimum absolute atomic E-state index is 0.00474. The van der Waals surface area contributed by atoms with Crippen molar-refractivity contribution in [3.63, 3.8) is 0 Å². The van der Waals surface area contributed by atoms with Crippen LogP contribution in [-0.4, -0.2) is 48.0 Å². The maximum absolute atomic E-state index is 13.8. The van der Waals surface area contributed by atoms with Gasteiger partial charge in [0.2, 0.25) is 12.7 Å². The Hall–Kier alpha value is -3.52. The summed E-state index contributed by atoms with van der Waals surface area (Å²) in [6.45, 7) is 0.121. The maximum atomic E-state index is 13.8. The first-order valence-electron chi connectivity index (χ1n) is 12.6. The van der Waals surface area contributed by atoms with E-state index >= 15 is 0 Å². The quantitative estimate of drug-likeness (QED) is 0.413. The van der Waals surface area contributed by atoms with E-state index in [2.05, 4.69) is 10.3 Å². The van der Waals surface area contributed by atoms with Crippen LogP contribution in [0.15, 0.2) is 48.7 Å². The SMILES string of the molecule is COC(=O)[C@H](Cc1c[nH]c2ccccc12)NC(=O)C(c1ccc2c(c1)OCO2)C(O)C1CCCCC1. The van der Waals surface area contributed by atoms with Crippen molar-refractivity contribution in [2.24, 2.45) is 5.92 Å². The number of carbonyl (C=O) groups excluding carboxylic acids is 2. The minimum atomic E-state index is -0.906. The highest BCUT2D eigenvalue weighted by Crippen LogP contribution is 2.39. The summed E-state index contributed by atoms with van der Waals surface area (Å²) in [5.41, 5.74) is 2.48. The van der Waals surface area contributed by atoms with Gasteiger partial charge in [-0.2, -0.15) is 0 Å². The molecule has 190 valence electrons. The van der Waals surface area contributed by atoms with Crippen LogP contribution in [0.3, 0.4) is 0 Å². The number of aromatic amines is 1. The lowest BCUT2D eigenvalue weighted by atomic mass is 9.77. The van der Waals surface area contributed by atoms with Crippen LogP contribution in [0.25, 0.3) is 10.9 Å². The fourth-order valence-electron chi connectivity index (χ4n) is 5.48. The number of H-pyrrole nitrogens is 1. The number of hydrogen-bond acceptors (Lipinski definition) is 6. The molecule has 2 unspecified atom stereocenters. The van der Waals surface area contributed by atoms with Gasteiger partial charge in [0.15, 0.2) is 11.5 Å². The van der Waals surface area contributed by atoms with E-state index in [4.69, 9.17) is 14.2 Å². The van der Waals surface area contributed by atoms with Crippen molar-refractivity contribution in [2.75, 3.05) is 13.9 Å². The number of amides is 1. The van der Waals surface area contributed by atoms with Crippen molar-refractivity contribution in [3.05, 3.63) is 59.8 Å². The van der Waals surface area contributed by atoms with Crippen LogP contribution >= 0.6 is 0 Å². The second-order valence-electron chi connectivity index (χ2n) is 9.63. The number of nitrogens with one attached hydrogen (secondary N) is 2. The monoisotopic (exact) mass is 492 g/mol. The van der Waals surface area contributed by atoms with Gasteiger partial charge < -0.3 is 29.6 Å². The van der Waals surface area contributed by atoms with Crippen molar-refractivity contribution < 1.29 is 28.9 Å². The molecule has 0 spiro atoms. The Balaban J connectivity index is 1.43. The van der Waals surface area contributed by atoms with Crippen molar-refractivity contribution in [1.29, 1.82) is 0 Å². The van der Waals surface area contributed by atoms with Gasteiger partial charge >= 0.3 is 5.97 Å². The standard InChI is InChI=1S/C28H32N2O6/c1-34-28(33)22(13-19-15-29-21-10-6-5-9-20(19)21)30-27(32)25(26(31)17-7-3-2-4-8-17)18-11-12-23-24(14-18)36-16-35-23/h5-6,9-12,14-15,17,22,25-26,29,31H,2-4,7-8,13,16H2,1H3,(H,30,32)/t22-,25?,26?/m0/s1. The molecular weight excluding hydrogens is 460 g/mol. The second kappa shape index (κ2) is 10.6. The molecule has 2 aromatic carbocycles. The number of aliphatic hydroxyl groups excluding tert-OH is 1. The van der Waals surface area contributed by atoms with Gasteiger partial charge in [-0.1, -0.05) is 43.5 Å². The molecule has 0 radical (unpaired) electrons. The van der Waals surface area contributed by atoms with E-state index in [0.29, 0.717) is 17.1 Å². The number of rotatable bonds is 8. The van der Waals surface area contributed by atoms with Crippen LogP contribution in [-0.2, 0) is 20.7 Å². The third-order valence-corrected chi connectivity index (χ3v) is 7.41. The predicted octanol–water partition coefficient (Wildman–Crippen LogP) is 3.82. The summed E-state index contributed by atoms with van der Waals surface area (Å²) in [5, 5.41) is 15.3. The first kappa shape index (κ1) is 24.2. The molecule has 0 bridgehead atoms. The Morgan fingerprint density at radius 2 is 1.89 bits per heavy atom. The number of methoxy groups -OCH3 is 1. The highest BCUT2D eigenvalue weighted by Gasteiger charge is 2.37. The first-order chi connectivity index (χ1) is 17.5. The van der Waals surface area contributed by atoms with Crippen LogP contribution in [0.1, 0.15) is 49.1 Å². The van der Waals surface area contributed by atoms with Crippen molar-refractivity contribution in [2.45, 2.75) is 56.6 Å². The first-order valence-corrected chi connectivity index (χ1v) is 12.6. The molecule has 8 nitrogen and oxygen atoms in total. The average Bonchev–Trinajstić information content (AvgIpc) is 3.55. The lowest BCUT2D eigenvalue weighted by Crippen LogP contribution is -2.48. The number of hydrogen-bond donors (Lipinski definition) is 3. The molecule has 5 rings (SSSR count). The number of para-hydroxylation sites is 1. The molecule has 2 heterocycles. The largest absolute Gasteiger partial charge is 0.467 e. The van der Waals surface area contributed by atoms with Crippen LogP contribution in [0.4, 0.5) is 0 Å². The van der Waals surface area contributed by atoms with Crippen LogP contribution in [0.5, 0.6) is 11.5 Å². The van der Waals surface area contributed by atoms with E-state index < -0.39 is 29.9 Å². The Bertz CT molecular complexity index is 1230. The molecule has 1 aliphatic heterocycles. The van der Waals surface area contributed by atoms with E-state index in [1.807, 2.05) is 30.5 Å². The summed E-state index contributed by atoms with van der Waals surface area (Å²) in [4.78, 5) is 29.7. The van der Waals surface area contributed by atoms with Crippen LogP contribution in [0, 0.1) is 5.92 Å². The molecule has 2 aliphatic rings. The van der Waals surface area contributed by atoms with Crippen molar-refractivity contribution in [3.8, 4) is 11.5 Å². The normalized spacial score (nSPS) is 17.9. The Morgan fingerprint density at radius 3 is 2.69 bits per heavy atom. The highest BCUT2D eigenvalue weighted by atomic mass is 16.7. The highest BCUT2D eigenvalue weighted by molar-refractivity contribution is 5.90. The fraction of sp³-hybridized carbons (Fsp3) is 0.429. The van der Waals surface area contributed by atoms with Crippen LogP contribution < -0.4 is 14.8 Å². The van der Waals surface area contributed by atoms with Gasteiger partial charge in [-0.3, -0.25) is 4.79 Å². The van der Waals surface area contributed by atoms with Gasteiger partial charge in [0, 0.05) is 23.5 Å². The van der Waals surface area contributed by atoms with Gasteiger partial charge in [-0.25, -0.2) is 4.79 Å². The molecule has 8 heteroatoms. The molecule has 1 fully saturated rings. The van der Waals surface area contributed by atoms with Gasteiger partial charge in [-0.05, 0) is 48.1 Å². The second-order valence-corrected chi connectivity index (χ2v) is 9.63. The summed E-state index contributed by atoms with van der Waals surface area (Å²) in [6.07, 6.45) is 6.15. The fourth-order valence-corrected chi connectivity index (χ4v) is 5.48. The molecule has 3 aromatic rings. The summed E-state index contributed by atoms with van der Waals surface area (Å²) in [5.74, 6) is -0.656. The topological polar surface area (TPSA) is 110 Å². The molecule has 1 saturated carbocycles. The number of fused-ring (bicyclic) bond motifs is 2. The third kappa shape index (κ3) is 4.91. The summed E-state index contributed by atoms with van der Waals surface area (Å²) in [7, 11) is 1.31. The lowest BCUT2D eigenvalue weighted by Gasteiger charge is -2.32. The zero-order valence-corrected chi connectivity index (χ0v) is 20.4. The molecule has 1 amide bonds. The van der Waals surface area contributed by atoms with E-state index in [-0.39, 0.29) is 19.1 Å². The van der Waals surface area contributed by atoms with Gasteiger partial charge in [-0.15, -0.1) is 0 Å². The van der Waals surface area contributed by atoms with E-state index in [1.165, 1.54) is 7.11 Å². The Morgan fingerprint density at radius 1 is 1.11 bits per heavy atom. The predicted molar refractivity (Wildman–Crippen MR) is 134 cm³/mol. The van der Waals surface area contributed by atoms with Gasteiger partial charge in [0.05, 0.1) is 19.1 Å².